The molecular formula is C20H21FN2O4. The van der Waals surface area contributed by atoms with Crippen LogP contribution in [0.1, 0.15) is 18.1 Å². The molecule has 0 spiro atoms. The SMILES string of the molecule is CCc1ccccc1NC(=O)CNC(=O)COC(=O)Cc1ccc(F)cc1. The molecule has 6 nitrogen and oxygen atoms in total. The van der Waals surface area contributed by atoms with Gasteiger partial charge in [0.25, 0.3) is 5.91 Å². The van der Waals surface area contributed by atoms with E-state index in [9.17, 15) is 18.8 Å². The van der Waals surface area contributed by atoms with Crippen LogP contribution in [0.25, 0.3) is 0 Å². The van der Waals surface area contributed by atoms with Gasteiger partial charge < -0.3 is 15.4 Å². The molecule has 0 aliphatic rings. The number of carbonyl (C=O) groups excluding carboxylic acids is 3. The second kappa shape index (κ2) is 10.1. The first-order chi connectivity index (χ1) is 13.0. The highest BCUT2D eigenvalue weighted by Gasteiger charge is 2.11. The standard InChI is InChI=1S/C20H21FN2O4/c1-2-15-5-3-4-6-17(15)23-18(24)12-22-19(25)13-27-20(26)11-14-7-9-16(21)10-8-14/h3-10H,2,11-13H2,1H3,(H,22,25)(H,23,24). The summed E-state index contributed by atoms with van der Waals surface area (Å²) in [4.78, 5) is 35.3. The minimum atomic E-state index is -0.613. The Morgan fingerprint density at radius 1 is 1.00 bits per heavy atom. The van der Waals surface area contributed by atoms with Gasteiger partial charge >= 0.3 is 5.97 Å². The number of hydrogen-bond acceptors (Lipinski definition) is 4. The van der Waals surface area contributed by atoms with Gasteiger partial charge in [0.1, 0.15) is 5.82 Å². The quantitative estimate of drug-likeness (QED) is 0.696. The largest absolute Gasteiger partial charge is 0.455 e. The molecule has 27 heavy (non-hydrogen) atoms. The van der Waals surface area contributed by atoms with Crippen LogP contribution in [0.2, 0.25) is 0 Å². The Bertz CT molecular complexity index is 806. The van der Waals surface area contributed by atoms with Crippen LogP contribution in [0.5, 0.6) is 0 Å². The lowest BCUT2D eigenvalue weighted by molar-refractivity contribution is -0.147. The lowest BCUT2D eigenvalue weighted by atomic mass is 10.1. The molecule has 2 rings (SSSR count). The van der Waals surface area contributed by atoms with Gasteiger partial charge in [-0.15, -0.1) is 0 Å². The molecular weight excluding hydrogens is 351 g/mol. The summed E-state index contributed by atoms with van der Waals surface area (Å²) >= 11 is 0. The van der Waals surface area contributed by atoms with Gasteiger partial charge in [-0.05, 0) is 35.7 Å². The second-order valence-corrected chi connectivity index (χ2v) is 5.80. The van der Waals surface area contributed by atoms with Crippen molar-refractivity contribution in [2.45, 2.75) is 19.8 Å². The molecule has 0 atom stereocenters. The van der Waals surface area contributed by atoms with E-state index in [0.717, 1.165) is 12.0 Å². The van der Waals surface area contributed by atoms with Crippen LogP contribution >= 0.6 is 0 Å². The van der Waals surface area contributed by atoms with Crippen molar-refractivity contribution in [2.24, 2.45) is 0 Å². The molecule has 0 radical (unpaired) electrons. The number of amides is 2. The Balaban J connectivity index is 1.70. The Hall–Kier alpha value is -3.22. The number of ether oxygens (including phenoxy) is 1. The van der Waals surface area contributed by atoms with E-state index < -0.39 is 24.3 Å². The molecule has 0 aliphatic carbocycles. The third-order valence-electron chi connectivity index (χ3n) is 3.74. The maximum Gasteiger partial charge on any atom is 0.310 e. The number of rotatable bonds is 8. The smallest absolute Gasteiger partial charge is 0.310 e. The minimum Gasteiger partial charge on any atom is -0.455 e. The van der Waals surface area contributed by atoms with Crippen molar-refractivity contribution in [3.8, 4) is 0 Å². The molecule has 0 saturated carbocycles. The first-order valence-corrected chi connectivity index (χ1v) is 8.52. The highest BCUT2D eigenvalue weighted by Crippen LogP contribution is 2.14. The van der Waals surface area contributed by atoms with Crippen molar-refractivity contribution in [1.29, 1.82) is 0 Å². The van der Waals surface area contributed by atoms with Gasteiger partial charge in [0, 0.05) is 5.69 Å². The van der Waals surface area contributed by atoms with Gasteiger partial charge in [-0.3, -0.25) is 14.4 Å². The lowest BCUT2D eigenvalue weighted by Gasteiger charge is -2.10. The van der Waals surface area contributed by atoms with E-state index in [2.05, 4.69) is 10.6 Å². The molecule has 0 aromatic heterocycles. The van der Waals surface area contributed by atoms with Crippen LogP contribution in [0, 0.1) is 5.82 Å². The Labute approximate surface area is 156 Å². The maximum absolute atomic E-state index is 12.8. The van der Waals surface area contributed by atoms with Gasteiger partial charge in [-0.25, -0.2) is 4.39 Å². The molecule has 0 saturated heterocycles. The highest BCUT2D eigenvalue weighted by molar-refractivity contribution is 5.95. The number of carbonyl (C=O) groups is 3. The average molecular weight is 372 g/mol. The summed E-state index contributed by atoms with van der Waals surface area (Å²) in [5, 5.41) is 5.12. The van der Waals surface area contributed by atoms with Crippen molar-refractivity contribution in [1.82, 2.24) is 5.32 Å². The van der Waals surface area contributed by atoms with Crippen molar-refractivity contribution in [2.75, 3.05) is 18.5 Å². The molecule has 0 aliphatic heterocycles. The molecule has 2 amide bonds. The van der Waals surface area contributed by atoms with Crippen LogP contribution in [0.15, 0.2) is 48.5 Å². The Morgan fingerprint density at radius 2 is 1.70 bits per heavy atom. The number of para-hydroxylation sites is 1. The zero-order valence-corrected chi connectivity index (χ0v) is 15.0. The number of hydrogen-bond donors (Lipinski definition) is 2. The van der Waals surface area contributed by atoms with E-state index in [1.165, 1.54) is 24.3 Å². The van der Waals surface area contributed by atoms with Crippen LogP contribution < -0.4 is 10.6 Å². The second-order valence-electron chi connectivity index (χ2n) is 5.80. The van der Waals surface area contributed by atoms with Gasteiger partial charge in [-0.1, -0.05) is 37.3 Å². The fourth-order valence-corrected chi connectivity index (χ4v) is 2.34. The normalized spacial score (nSPS) is 10.1. The number of aryl methyl sites for hydroxylation is 1. The van der Waals surface area contributed by atoms with Gasteiger partial charge in [0.2, 0.25) is 5.91 Å². The summed E-state index contributed by atoms with van der Waals surface area (Å²) in [6, 6.07) is 12.8. The summed E-state index contributed by atoms with van der Waals surface area (Å²) in [7, 11) is 0. The molecule has 2 N–H and O–H groups in total. The highest BCUT2D eigenvalue weighted by atomic mass is 19.1. The summed E-state index contributed by atoms with van der Waals surface area (Å²) in [6.07, 6.45) is 0.703. The number of nitrogens with one attached hydrogen (secondary N) is 2. The zero-order valence-electron chi connectivity index (χ0n) is 15.0. The Kier molecular flexibility index (Phi) is 7.49. The lowest BCUT2D eigenvalue weighted by Crippen LogP contribution is -2.35. The maximum atomic E-state index is 12.8. The van der Waals surface area contributed by atoms with Crippen LogP contribution in [0.4, 0.5) is 10.1 Å². The predicted molar refractivity (Wildman–Crippen MR) is 98.5 cm³/mol. The zero-order chi connectivity index (χ0) is 19.6. The summed E-state index contributed by atoms with van der Waals surface area (Å²) in [5.74, 6) is -1.97. The molecule has 7 heteroatoms. The van der Waals surface area contributed by atoms with Crippen molar-refractivity contribution >= 4 is 23.5 Å². The average Bonchev–Trinajstić information content (AvgIpc) is 2.67. The predicted octanol–water partition coefficient (Wildman–Crippen LogP) is 2.23. The molecule has 0 unspecified atom stereocenters. The van der Waals surface area contributed by atoms with Gasteiger partial charge in [0.15, 0.2) is 6.61 Å². The van der Waals surface area contributed by atoms with Gasteiger partial charge in [-0.2, -0.15) is 0 Å². The summed E-state index contributed by atoms with van der Waals surface area (Å²) in [5.41, 5.74) is 2.27. The third-order valence-corrected chi connectivity index (χ3v) is 3.74. The van der Waals surface area contributed by atoms with Gasteiger partial charge in [0.05, 0.1) is 13.0 Å². The third kappa shape index (κ3) is 6.89. The van der Waals surface area contributed by atoms with Crippen molar-refractivity contribution in [3.05, 3.63) is 65.5 Å². The van der Waals surface area contributed by atoms with Crippen LogP contribution in [-0.4, -0.2) is 30.9 Å². The summed E-state index contributed by atoms with van der Waals surface area (Å²) < 4.78 is 17.7. The van der Waals surface area contributed by atoms with E-state index >= 15 is 0 Å². The number of esters is 1. The van der Waals surface area contributed by atoms with E-state index in [4.69, 9.17) is 4.74 Å². The first-order valence-electron chi connectivity index (χ1n) is 8.52. The van der Waals surface area contributed by atoms with Crippen LogP contribution in [0.3, 0.4) is 0 Å². The Morgan fingerprint density at radius 3 is 2.41 bits per heavy atom. The fourth-order valence-electron chi connectivity index (χ4n) is 2.34. The minimum absolute atomic E-state index is 0.0676. The van der Waals surface area contributed by atoms with Crippen molar-refractivity contribution < 1.29 is 23.5 Å². The fraction of sp³-hybridized carbons (Fsp3) is 0.250. The topological polar surface area (TPSA) is 84.5 Å². The van der Waals surface area contributed by atoms with Crippen molar-refractivity contribution in [3.63, 3.8) is 0 Å². The van der Waals surface area contributed by atoms with E-state index in [0.29, 0.717) is 11.3 Å². The molecule has 0 fully saturated rings. The van der Waals surface area contributed by atoms with E-state index in [-0.39, 0.29) is 18.9 Å². The number of anilines is 1. The van der Waals surface area contributed by atoms with Crippen LogP contribution in [-0.2, 0) is 32.0 Å². The molecule has 0 bridgehead atoms. The van der Waals surface area contributed by atoms with E-state index in [1.54, 1.807) is 6.07 Å². The first kappa shape index (κ1) is 20.1. The summed E-state index contributed by atoms with van der Waals surface area (Å²) in [6.45, 7) is 1.26. The molecule has 142 valence electrons. The molecule has 0 heterocycles. The van der Waals surface area contributed by atoms with E-state index in [1.807, 2.05) is 25.1 Å². The number of halogens is 1. The number of benzene rings is 2. The molecule has 2 aromatic rings. The molecule has 2 aromatic carbocycles. The monoisotopic (exact) mass is 372 g/mol.